The second-order valence-electron chi connectivity index (χ2n) is 6.51. The SMILES string of the molecule is COc1ccccc1OC(C)C(=O)N(Cc1ccco1)C1CCS(=O)(=O)C1. The van der Waals surface area contributed by atoms with Crippen LogP contribution in [0.2, 0.25) is 0 Å². The van der Waals surface area contributed by atoms with Crippen LogP contribution in [0.5, 0.6) is 11.5 Å². The maximum absolute atomic E-state index is 13.1. The quantitative estimate of drug-likeness (QED) is 0.717. The van der Waals surface area contributed by atoms with Crippen LogP contribution in [0, 0.1) is 0 Å². The van der Waals surface area contributed by atoms with Gasteiger partial charge in [0.25, 0.3) is 5.91 Å². The predicted molar refractivity (Wildman–Crippen MR) is 99.4 cm³/mol. The first-order chi connectivity index (χ1) is 12.9. The standard InChI is InChI=1S/C19H23NO6S/c1-14(26-18-8-4-3-7-17(18)24-2)19(21)20(12-16-6-5-10-25-16)15-9-11-27(22,23)13-15/h3-8,10,14-15H,9,11-13H2,1-2H3. The molecule has 2 heterocycles. The van der Waals surface area contributed by atoms with Crippen molar-refractivity contribution in [3.63, 3.8) is 0 Å². The highest BCUT2D eigenvalue weighted by Crippen LogP contribution is 2.28. The van der Waals surface area contributed by atoms with Crippen LogP contribution in [0.25, 0.3) is 0 Å². The Balaban J connectivity index is 1.79. The first kappa shape index (κ1) is 19.3. The molecule has 0 N–H and O–H groups in total. The fourth-order valence-electron chi connectivity index (χ4n) is 3.17. The van der Waals surface area contributed by atoms with Crippen LogP contribution >= 0.6 is 0 Å². The highest BCUT2D eigenvalue weighted by atomic mass is 32.2. The number of nitrogens with zero attached hydrogens (tertiary/aromatic N) is 1. The number of ether oxygens (including phenoxy) is 2. The van der Waals surface area contributed by atoms with Gasteiger partial charge in [0, 0.05) is 6.04 Å². The van der Waals surface area contributed by atoms with Gasteiger partial charge in [0.1, 0.15) is 5.76 Å². The topological polar surface area (TPSA) is 86.1 Å². The maximum atomic E-state index is 13.1. The summed E-state index contributed by atoms with van der Waals surface area (Å²) in [6.45, 7) is 1.85. The van der Waals surface area contributed by atoms with Gasteiger partial charge in [0.05, 0.1) is 31.4 Å². The van der Waals surface area contributed by atoms with Gasteiger partial charge in [-0.25, -0.2) is 8.42 Å². The third kappa shape index (κ3) is 4.63. The molecule has 2 unspecified atom stereocenters. The van der Waals surface area contributed by atoms with E-state index in [2.05, 4.69) is 0 Å². The first-order valence-corrected chi connectivity index (χ1v) is 10.5. The van der Waals surface area contributed by atoms with Gasteiger partial charge in [-0.15, -0.1) is 0 Å². The van der Waals surface area contributed by atoms with Gasteiger partial charge in [0.2, 0.25) is 0 Å². The number of amides is 1. The van der Waals surface area contributed by atoms with E-state index in [0.717, 1.165) is 0 Å². The summed E-state index contributed by atoms with van der Waals surface area (Å²) < 4.78 is 40.2. The van der Waals surface area contributed by atoms with E-state index in [-0.39, 0.29) is 24.0 Å². The molecule has 1 fully saturated rings. The minimum Gasteiger partial charge on any atom is -0.493 e. The first-order valence-electron chi connectivity index (χ1n) is 8.72. The van der Waals surface area contributed by atoms with E-state index in [1.165, 1.54) is 13.4 Å². The molecule has 1 aromatic heterocycles. The average Bonchev–Trinajstić information content (AvgIpc) is 3.28. The molecule has 1 aliphatic heterocycles. The lowest BCUT2D eigenvalue weighted by Gasteiger charge is -2.30. The lowest BCUT2D eigenvalue weighted by molar-refractivity contribution is -0.141. The number of hydrogen-bond donors (Lipinski definition) is 0. The largest absolute Gasteiger partial charge is 0.493 e. The molecule has 146 valence electrons. The third-order valence-electron chi connectivity index (χ3n) is 4.56. The Bertz CT molecular complexity index is 877. The molecule has 0 radical (unpaired) electrons. The van der Waals surface area contributed by atoms with Crippen molar-refractivity contribution >= 4 is 15.7 Å². The Morgan fingerprint density at radius 1 is 1.26 bits per heavy atom. The van der Waals surface area contributed by atoms with E-state index in [1.807, 2.05) is 6.07 Å². The highest BCUT2D eigenvalue weighted by Gasteiger charge is 2.37. The molecule has 3 rings (SSSR count). The number of furan rings is 1. The Kier molecular flexibility index (Phi) is 5.74. The number of hydrogen-bond acceptors (Lipinski definition) is 6. The minimum atomic E-state index is -3.13. The fourth-order valence-corrected chi connectivity index (χ4v) is 4.90. The number of para-hydroxylation sites is 2. The number of benzene rings is 1. The Morgan fingerprint density at radius 3 is 2.59 bits per heavy atom. The molecule has 1 saturated heterocycles. The van der Waals surface area contributed by atoms with Crippen molar-refractivity contribution in [3.05, 3.63) is 48.4 Å². The number of carbonyl (C=O) groups is 1. The molecule has 27 heavy (non-hydrogen) atoms. The second-order valence-corrected chi connectivity index (χ2v) is 8.74. The summed E-state index contributed by atoms with van der Waals surface area (Å²) in [6, 6.07) is 10.2. The normalized spacial score (nSPS) is 19.4. The van der Waals surface area contributed by atoms with Crippen molar-refractivity contribution in [2.24, 2.45) is 0 Å². The molecule has 2 aromatic rings. The lowest BCUT2D eigenvalue weighted by Crippen LogP contribution is -2.46. The molecule has 1 aromatic carbocycles. The predicted octanol–water partition coefficient (Wildman–Crippen LogP) is 2.27. The zero-order chi connectivity index (χ0) is 19.4. The van der Waals surface area contributed by atoms with Crippen LogP contribution in [0.15, 0.2) is 47.1 Å². The smallest absolute Gasteiger partial charge is 0.264 e. The van der Waals surface area contributed by atoms with Crippen molar-refractivity contribution in [1.29, 1.82) is 0 Å². The van der Waals surface area contributed by atoms with Crippen molar-refractivity contribution < 1.29 is 27.1 Å². The number of sulfone groups is 1. The molecular weight excluding hydrogens is 370 g/mol. The summed E-state index contributed by atoms with van der Waals surface area (Å²) in [6.07, 6.45) is 1.13. The summed E-state index contributed by atoms with van der Waals surface area (Å²) in [7, 11) is -1.60. The van der Waals surface area contributed by atoms with Crippen LogP contribution in [-0.2, 0) is 21.2 Å². The summed E-state index contributed by atoms with van der Waals surface area (Å²) in [5.74, 6) is 1.33. The van der Waals surface area contributed by atoms with Crippen LogP contribution in [0.3, 0.4) is 0 Å². The molecule has 0 saturated carbocycles. The molecule has 0 aliphatic carbocycles. The average molecular weight is 393 g/mol. The van der Waals surface area contributed by atoms with E-state index >= 15 is 0 Å². The maximum Gasteiger partial charge on any atom is 0.264 e. The van der Waals surface area contributed by atoms with Gasteiger partial charge in [-0.2, -0.15) is 0 Å². The zero-order valence-corrected chi connectivity index (χ0v) is 16.1. The molecule has 0 spiro atoms. The van der Waals surface area contributed by atoms with Crippen LogP contribution in [0.4, 0.5) is 0 Å². The summed E-state index contributed by atoms with van der Waals surface area (Å²) >= 11 is 0. The van der Waals surface area contributed by atoms with Crippen molar-refractivity contribution in [2.75, 3.05) is 18.6 Å². The van der Waals surface area contributed by atoms with E-state index in [4.69, 9.17) is 13.9 Å². The number of carbonyl (C=O) groups excluding carboxylic acids is 1. The van der Waals surface area contributed by atoms with Gasteiger partial charge in [-0.05, 0) is 37.6 Å². The van der Waals surface area contributed by atoms with Crippen LogP contribution < -0.4 is 9.47 Å². The van der Waals surface area contributed by atoms with E-state index in [9.17, 15) is 13.2 Å². The molecular formula is C19H23NO6S. The van der Waals surface area contributed by atoms with Crippen molar-refractivity contribution in [3.8, 4) is 11.5 Å². The van der Waals surface area contributed by atoms with Gasteiger partial charge in [-0.1, -0.05) is 12.1 Å². The molecule has 2 atom stereocenters. The minimum absolute atomic E-state index is 0.0408. The molecule has 0 bridgehead atoms. The van der Waals surface area contributed by atoms with Gasteiger partial charge in [-0.3, -0.25) is 4.79 Å². The van der Waals surface area contributed by atoms with Crippen LogP contribution in [-0.4, -0.2) is 50.0 Å². The van der Waals surface area contributed by atoms with Gasteiger partial charge in [0.15, 0.2) is 27.4 Å². The Morgan fingerprint density at radius 2 is 2.00 bits per heavy atom. The molecule has 7 nitrogen and oxygen atoms in total. The third-order valence-corrected chi connectivity index (χ3v) is 6.31. The second kappa shape index (κ2) is 8.04. The molecule has 8 heteroatoms. The summed E-state index contributed by atoms with van der Waals surface area (Å²) in [5.41, 5.74) is 0. The van der Waals surface area contributed by atoms with Gasteiger partial charge >= 0.3 is 0 Å². The molecule has 1 amide bonds. The fraction of sp³-hybridized carbons (Fsp3) is 0.421. The monoisotopic (exact) mass is 393 g/mol. The number of methoxy groups -OCH3 is 1. The lowest BCUT2D eigenvalue weighted by atomic mass is 10.2. The Labute approximate surface area is 158 Å². The van der Waals surface area contributed by atoms with Gasteiger partial charge < -0.3 is 18.8 Å². The van der Waals surface area contributed by atoms with Crippen LogP contribution in [0.1, 0.15) is 19.1 Å². The van der Waals surface area contributed by atoms with Crippen molar-refractivity contribution in [1.82, 2.24) is 4.90 Å². The van der Waals surface area contributed by atoms with E-state index < -0.39 is 22.0 Å². The number of rotatable bonds is 7. The summed E-state index contributed by atoms with van der Waals surface area (Å²) in [5, 5.41) is 0. The van der Waals surface area contributed by atoms with E-state index in [1.54, 1.807) is 42.2 Å². The molecule has 1 aliphatic rings. The Hall–Kier alpha value is -2.48. The highest BCUT2D eigenvalue weighted by molar-refractivity contribution is 7.91. The van der Waals surface area contributed by atoms with Crippen molar-refractivity contribution in [2.45, 2.75) is 32.0 Å². The summed E-state index contributed by atoms with van der Waals surface area (Å²) in [4.78, 5) is 14.6. The van der Waals surface area contributed by atoms with E-state index in [0.29, 0.717) is 23.7 Å². The zero-order valence-electron chi connectivity index (χ0n) is 15.3.